The van der Waals surface area contributed by atoms with Crippen molar-refractivity contribution in [2.75, 3.05) is 19.6 Å². The van der Waals surface area contributed by atoms with Gasteiger partial charge in [-0.3, -0.25) is 4.90 Å². The van der Waals surface area contributed by atoms with Crippen molar-refractivity contribution in [3.05, 3.63) is 29.8 Å². The minimum atomic E-state index is -4.36. The van der Waals surface area contributed by atoms with Gasteiger partial charge in [-0.25, -0.2) is 21.9 Å². The molecule has 1 heterocycles. The van der Waals surface area contributed by atoms with Crippen LogP contribution in [0.25, 0.3) is 0 Å². The van der Waals surface area contributed by atoms with E-state index in [9.17, 15) is 30.4 Å². The van der Waals surface area contributed by atoms with Crippen LogP contribution in [0.3, 0.4) is 0 Å². The molecule has 1 aromatic carbocycles. The van der Waals surface area contributed by atoms with Crippen LogP contribution in [-0.2, 0) is 10.0 Å². The number of hydrogen-bond donors (Lipinski definition) is 1. The second-order valence-corrected chi connectivity index (χ2v) is 6.78. The zero-order chi connectivity index (χ0) is 16.5. The lowest BCUT2D eigenvalue weighted by molar-refractivity contribution is -0.143. The van der Waals surface area contributed by atoms with Crippen LogP contribution in [0.4, 0.5) is 22.0 Å². The molecule has 2 rings (SSSR count). The summed E-state index contributed by atoms with van der Waals surface area (Å²) in [6, 6.07) is 1.08. The van der Waals surface area contributed by atoms with Gasteiger partial charge in [0.15, 0.2) is 0 Å². The average Bonchev–Trinajstić information content (AvgIpc) is 2.71. The van der Waals surface area contributed by atoms with Gasteiger partial charge in [-0.15, -0.1) is 0 Å². The molecule has 0 saturated carbocycles. The lowest BCUT2D eigenvalue weighted by Gasteiger charge is -2.18. The highest BCUT2D eigenvalue weighted by atomic mass is 32.2. The van der Waals surface area contributed by atoms with Crippen LogP contribution < -0.4 is 4.72 Å². The Kier molecular flexibility index (Phi) is 4.73. The summed E-state index contributed by atoms with van der Waals surface area (Å²) in [5.74, 6) is -2.10. The summed E-state index contributed by atoms with van der Waals surface area (Å²) in [7, 11) is -4.19. The molecule has 1 N–H and O–H groups in total. The molecule has 0 aromatic heterocycles. The van der Waals surface area contributed by atoms with Crippen molar-refractivity contribution in [1.82, 2.24) is 9.62 Å². The predicted molar refractivity (Wildman–Crippen MR) is 67.6 cm³/mol. The van der Waals surface area contributed by atoms with Crippen LogP contribution in [0.15, 0.2) is 23.1 Å². The Labute approximate surface area is 124 Å². The molecular weight excluding hydrogens is 331 g/mol. The molecule has 1 aliphatic rings. The van der Waals surface area contributed by atoms with E-state index in [1.165, 1.54) is 0 Å². The molecule has 1 fully saturated rings. The third-order valence-electron chi connectivity index (χ3n) is 3.14. The Morgan fingerprint density at radius 3 is 2.32 bits per heavy atom. The Bertz CT molecular complexity index is 627. The molecule has 10 heteroatoms. The number of likely N-dealkylation sites (tertiary alicyclic amines) is 1. The van der Waals surface area contributed by atoms with Crippen LogP contribution in [0.1, 0.15) is 6.42 Å². The fourth-order valence-corrected chi connectivity index (χ4v) is 3.60. The molecule has 1 atom stereocenters. The second-order valence-electron chi connectivity index (χ2n) is 5.06. The SMILES string of the molecule is O=S(=O)(N[C@H]1CCN(CC(F)(F)F)C1)c1cc(F)cc(F)c1. The van der Waals surface area contributed by atoms with Gasteiger partial charge in [0.1, 0.15) is 11.6 Å². The predicted octanol–water partition coefficient (Wildman–Crippen LogP) is 1.88. The first-order chi connectivity index (χ1) is 10.0. The van der Waals surface area contributed by atoms with Crippen molar-refractivity contribution in [2.24, 2.45) is 0 Å². The lowest BCUT2D eigenvalue weighted by Crippen LogP contribution is -2.39. The summed E-state index contributed by atoms with van der Waals surface area (Å²) in [4.78, 5) is 0.471. The molecule has 1 aliphatic heterocycles. The number of alkyl halides is 3. The van der Waals surface area contributed by atoms with Gasteiger partial charge in [-0.2, -0.15) is 13.2 Å². The van der Waals surface area contributed by atoms with Crippen molar-refractivity contribution in [3.8, 4) is 0 Å². The summed E-state index contributed by atoms with van der Waals surface area (Å²) in [5, 5.41) is 0. The maximum atomic E-state index is 13.1. The Hall–Kier alpha value is -1.26. The summed E-state index contributed by atoms with van der Waals surface area (Å²) < 4.78 is 89.1. The third-order valence-corrected chi connectivity index (χ3v) is 4.64. The molecule has 22 heavy (non-hydrogen) atoms. The van der Waals surface area contributed by atoms with Crippen LogP contribution in [0, 0.1) is 11.6 Å². The molecule has 4 nitrogen and oxygen atoms in total. The van der Waals surface area contributed by atoms with Gasteiger partial charge < -0.3 is 0 Å². The van der Waals surface area contributed by atoms with E-state index >= 15 is 0 Å². The van der Waals surface area contributed by atoms with Gasteiger partial charge >= 0.3 is 6.18 Å². The fraction of sp³-hybridized carbons (Fsp3) is 0.500. The quantitative estimate of drug-likeness (QED) is 0.849. The van der Waals surface area contributed by atoms with E-state index in [0.717, 1.165) is 4.90 Å². The molecule has 124 valence electrons. The van der Waals surface area contributed by atoms with Crippen molar-refractivity contribution < 1.29 is 30.4 Å². The fourth-order valence-electron chi connectivity index (χ4n) is 2.30. The molecule has 0 unspecified atom stereocenters. The van der Waals surface area contributed by atoms with Crippen LogP contribution in [0.5, 0.6) is 0 Å². The summed E-state index contributed by atoms with van der Waals surface area (Å²) >= 11 is 0. The van der Waals surface area contributed by atoms with Crippen molar-refractivity contribution in [2.45, 2.75) is 23.5 Å². The van der Waals surface area contributed by atoms with Crippen molar-refractivity contribution in [3.63, 3.8) is 0 Å². The van der Waals surface area contributed by atoms with Gasteiger partial charge in [0, 0.05) is 25.2 Å². The molecule has 1 aromatic rings. The molecule has 0 radical (unpaired) electrons. The van der Waals surface area contributed by atoms with Gasteiger partial charge in [-0.1, -0.05) is 0 Å². The maximum absolute atomic E-state index is 13.1. The number of sulfonamides is 1. The Balaban J connectivity index is 2.04. The monoisotopic (exact) mass is 344 g/mol. The van der Waals surface area contributed by atoms with Crippen LogP contribution in [0.2, 0.25) is 0 Å². The highest BCUT2D eigenvalue weighted by Crippen LogP contribution is 2.21. The standard InChI is InChI=1S/C12H13F5N2O2S/c13-8-3-9(14)5-11(4-8)22(20,21)18-10-1-2-19(6-10)7-12(15,16)17/h3-5,10,18H,1-2,6-7H2/t10-/m0/s1. The van der Waals surface area contributed by atoms with Gasteiger partial charge in [0.2, 0.25) is 10.0 Å². The number of rotatable bonds is 4. The minimum Gasteiger partial charge on any atom is -0.293 e. The van der Waals surface area contributed by atoms with E-state index in [4.69, 9.17) is 0 Å². The minimum absolute atomic E-state index is 0.0875. The van der Waals surface area contributed by atoms with Gasteiger partial charge in [0.05, 0.1) is 11.4 Å². The third kappa shape index (κ3) is 4.62. The zero-order valence-electron chi connectivity index (χ0n) is 11.2. The summed E-state index contributed by atoms with van der Waals surface area (Å²) in [6.07, 6.45) is -4.17. The topological polar surface area (TPSA) is 49.4 Å². The highest BCUT2D eigenvalue weighted by molar-refractivity contribution is 7.89. The first kappa shape index (κ1) is 17.1. The highest BCUT2D eigenvalue weighted by Gasteiger charge is 2.35. The average molecular weight is 344 g/mol. The van der Waals surface area contributed by atoms with E-state index in [1.807, 2.05) is 0 Å². The molecule has 0 spiro atoms. The normalized spacial score (nSPS) is 20.5. The van der Waals surface area contributed by atoms with Crippen LogP contribution in [-0.4, -0.2) is 45.2 Å². The van der Waals surface area contributed by atoms with E-state index < -0.39 is 45.3 Å². The molecule has 0 amide bonds. The zero-order valence-corrected chi connectivity index (χ0v) is 12.0. The Morgan fingerprint density at radius 2 is 1.77 bits per heavy atom. The second kappa shape index (κ2) is 6.09. The maximum Gasteiger partial charge on any atom is 0.401 e. The lowest BCUT2D eigenvalue weighted by atomic mass is 10.3. The van der Waals surface area contributed by atoms with E-state index in [-0.39, 0.29) is 19.5 Å². The molecule has 0 aliphatic carbocycles. The first-order valence-corrected chi connectivity index (χ1v) is 7.81. The summed E-state index contributed by atoms with van der Waals surface area (Å²) in [6.45, 7) is -1.15. The molecular formula is C12H13F5N2O2S. The first-order valence-electron chi connectivity index (χ1n) is 6.33. The summed E-state index contributed by atoms with van der Waals surface area (Å²) in [5.41, 5.74) is 0. The number of nitrogens with zero attached hydrogens (tertiary/aromatic N) is 1. The van der Waals surface area contributed by atoms with Crippen molar-refractivity contribution in [1.29, 1.82) is 0 Å². The molecule has 0 bridgehead atoms. The van der Waals surface area contributed by atoms with E-state index in [1.54, 1.807) is 0 Å². The molecule has 1 saturated heterocycles. The smallest absolute Gasteiger partial charge is 0.293 e. The number of halogens is 5. The van der Waals surface area contributed by atoms with Crippen LogP contribution >= 0.6 is 0 Å². The van der Waals surface area contributed by atoms with E-state index in [0.29, 0.717) is 18.2 Å². The number of hydrogen-bond acceptors (Lipinski definition) is 3. The van der Waals surface area contributed by atoms with Gasteiger partial charge in [-0.05, 0) is 18.6 Å². The number of benzene rings is 1. The number of nitrogens with one attached hydrogen (secondary N) is 1. The van der Waals surface area contributed by atoms with Gasteiger partial charge in [0.25, 0.3) is 0 Å². The largest absolute Gasteiger partial charge is 0.401 e. The van der Waals surface area contributed by atoms with E-state index in [2.05, 4.69) is 4.72 Å². The van der Waals surface area contributed by atoms with Crippen molar-refractivity contribution >= 4 is 10.0 Å². The Morgan fingerprint density at radius 1 is 1.18 bits per heavy atom.